The van der Waals surface area contributed by atoms with Gasteiger partial charge in [0.05, 0.1) is 16.3 Å². The Morgan fingerprint density at radius 3 is 2.84 bits per heavy atom. The van der Waals surface area contributed by atoms with E-state index in [0.29, 0.717) is 6.04 Å². The summed E-state index contributed by atoms with van der Waals surface area (Å²) in [4.78, 5) is 4.66. The summed E-state index contributed by atoms with van der Waals surface area (Å²) >= 11 is 1.74. The maximum atomic E-state index is 4.66. The van der Waals surface area contributed by atoms with Gasteiger partial charge in [-0.2, -0.15) is 0 Å². The lowest BCUT2D eigenvalue weighted by Crippen LogP contribution is -2.06. The topological polar surface area (TPSA) is 24.9 Å². The first kappa shape index (κ1) is 11.0. The zero-order chi connectivity index (χ0) is 12.7. The molecule has 4 rings (SSSR count). The molecule has 1 atom stereocenters. The summed E-state index contributed by atoms with van der Waals surface area (Å²) in [5.74, 6) is 0. The first-order chi connectivity index (χ1) is 9.40. The van der Waals surface area contributed by atoms with Crippen molar-refractivity contribution in [2.45, 2.75) is 18.9 Å². The Balaban J connectivity index is 1.65. The maximum absolute atomic E-state index is 4.66. The molecule has 0 fully saturated rings. The lowest BCUT2D eigenvalue weighted by Gasteiger charge is -2.12. The predicted molar refractivity (Wildman–Crippen MR) is 80.7 cm³/mol. The molecule has 0 unspecified atom stereocenters. The van der Waals surface area contributed by atoms with Crippen LogP contribution < -0.4 is 5.32 Å². The van der Waals surface area contributed by atoms with Crippen LogP contribution in [0.15, 0.2) is 48.5 Å². The molecular formula is C16H14N2S. The number of nitrogens with one attached hydrogen (secondary N) is 1. The smallest absolute Gasteiger partial charge is 0.184 e. The molecule has 2 aromatic carbocycles. The first-order valence-corrected chi connectivity index (χ1v) is 7.42. The van der Waals surface area contributed by atoms with Gasteiger partial charge < -0.3 is 5.32 Å². The van der Waals surface area contributed by atoms with E-state index in [2.05, 4.69) is 52.8 Å². The Kier molecular flexibility index (Phi) is 2.52. The van der Waals surface area contributed by atoms with Crippen molar-refractivity contribution in [3.63, 3.8) is 0 Å². The van der Waals surface area contributed by atoms with Crippen LogP contribution in [0.5, 0.6) is 0 Å². The van der Waals surface area contributed by atoms with Crippen molar-refractivity contribution in [2.24, 2.45) is 0 Å². The maximum Gasteiger partial charge on any atom is 0.184 e. The van der Waals surface area contributed by atoms with Gasteiger partial charge in [-0.3, -0.25) is 0 Å². The second kappa shape index (κ2) is 4.35. The number of aryl methyl sites for hydroxylation is 1. The number of para-hydroxylation sites is 1. The van der Waals surface area contributed by atoms with Gasteiger partial charge in [-0.25, -0.2) is 4.98 Å². The zero-order valence-corrected chi connectivity index (χ0v) is 11.3. The van der Waals surface area contributed by atoms with Crippen molar-refractivity contribution in [1.82, 2.24) is 4.98 Å². The minimum absolute atomic E-state index is 0.414. The molecule has 1 heterocycles. The van der Waals surface area contributed by atoms with Gasteiger partial charge in [0.1, 0.15) is 0 Å². The molecule has 0 bridgehead atoms. The third-order valence-electron chi connectivity index (χ3n) is 3.72. The Morgan fingerprint density at radius 2 is 1.89 bits per heavy atom. The van der Waals surface area contributed by atoms with Crippen LogP contribution in [-0.2, 0) is 6.42 Å². The molecule has 3 heteroatoms. The van der Waals surface area contributed by atoms with Gasteiger partial charge in [0.25, 0.3) is 0 Å². The molecule has 0 saturated carbocycles. The lowest BCUT2D eigenvalue weighted by molar-refractivity contribution is 0.761. The van der Waals surface area contributed by atoms with Crippen molar-refractivity contribution in [3.05, 3.63) is 59.7 Å². The summed E-state index contributed by atoms with van der Waals surface area (Å²) in [5.41, 5.74) is 3.99. The van der Waals surface area contributed by atoms with Gasteiger partial charge in [-0.15, -0.1) is 0 Å². The lowest BCUT2D eigenvalue weighted by atomic mass is 10.1. The second-order valence-corrected chi connectivity index (χ2v) is 5.95. The van der Waals surface area contributed by atoms with E-state index < -0.39 is 0 Å². The minimum atomic E-state index is 0.414. The normalized spacial score (nSPS) is 17.6. The number of nitrogens with zero attached hydrogens (tertiary/aromatic N) is 1. The van der Waals surface area contributed by atoms with E-state index in [9.17, 15) is 0 Å². The fraction of sp³-hybridized carbons (Fsp3) is 0.188. The molecule has 0 spiro atoms. The molecule has 1 aliphatic carbocycles. The molecule has 1 aromatic heterocycles. The van der Waals surface area contributed by atoms with Gasteiger partial charge in [-0.1, -0.05) is 47.7 Å². The Hall–Kier alpha value is -1.87. The van der Waals surface area contributed by atoms with Gasteiger partial charge in [0.15, 0.2) is 5.13 Å². The third-order valence-corrected chi connectivity index (χ3v) is 4.69. The van der Waals surface area contributed by atoms with Crippen LogP contribution >= 0.6 is 11.3 Å². The Labute approximate surface area is 116 Å². The van der Waals surface area contributed by atoms with Crippen LogP contribution in [0.1, 0.15) is 23.6 Å². The second-order valence-electron chi connectivity index (χ2n) is 4.92. The number of hydrogen-bond donors (Lipinski definition) is 1. The van der Waals surface area contributed by atoms with Gasteiger partial charge in [0, 0.05) is 0 Å². The van der Waals surface area contributed by atoms with Crippen molar-refractivity contribution in [2.75, 3.05) is 5.32 Å². The molecule has 0 radical (unpaired) electrons. The monoisotopic (exact) mass is 266 g/mol. The molecule has 0 aliphatic heterocycles. The number of anilines is 1. The molecule has 94 valence electrons. The molecule has 1 N–H and O–H groups in total. The zero-order valence-electron chi connectivity index (χ0n) is 10.5. The highest BCUT2D eigenvalue weighted by Gasteiger charge is 2.22. The average Bonchev–Trinajstić information content (AvgIpc) is 3.03. The average molecular weight is 266 g/mol. The fourth-order valence-electron chi connectivity index (χ4n) is 2.79. The van der Waals surface area contributed by atoms with Gasteiger partial charge in [0.2, 0.25) is 0 Å². The van der Waals surface area contributed by atoms with Crippen molar-refractivity contribution < 1.29 is 0 Å². The summed E-state index contributed by atoms with van der Waals surface area (Å²) in [7, 11) is 0. The summed E-state index contributed by atoms with van der Waals surface area (Å²) in [6.45, 7) is 0. The quantitative estimate of drug-likeness (QED) is 0.744. The van der Waals surface area contributed by atoms with E-state index in [-0.39, 0.29) is 0 Å². The summed E-state index contributed by atoms with van der Waals surface area (Å²) < 4.78 is 1.25. The first-order valence-electron chi connectivity index (χ1n) is 6.60. The largest absolute Gasteiger partial charge is 0.355 e. The van der Waals surface area contributed by atoms with E-state index >= 15 is 0 Å². The van der Waals surface area contributed by atoms with E-state index in [1.54, 1.807) is 11.3 Å². The molecule has 0 amide bonds. The van der Waals surface area contributed by atoms with Crippen molar-refractivity contribution in [3.8, 4) is 0 Å². The van der Waals surface area contributed by atoms with Crippen LogP contribution in [-0.4, -0.2) is 4.98 Å². The number of aromatic nitrogens is 1. The SMILES string of the molecule is c1ccc2c(c1)CC[C@H]2Nc1nc2ccccc2s1. The van der Waals surface area contributed by atoms with Crippen LogP contribution in [0.25, 0.3) is 10.2 Å². The summed E-state index contributed by atoms with van der Waals surface area (Å²) in [5, 5.41) is 4.62. The standard InChI is InChI=1S/C16H14N2S/c1-2-6-12-11(5-1)9-10-13(12)17-16-18-14-7-3-4-8-15(14)19-16/h1-8,13H,9-10H2,(H,17,18)/t13-/m1/s1. The minimum Gasteiger partial charge on any atom is -0.355 e. The van der Waals surface area contributed by atoms with E-state index in [1.165, 1.54) is 22.2 Å². The number of hydrogen-bond acceptors (Lipinski definition) is 3. The van der Waals surface area contributed by atoms with E-state index in [1.807, 2.05) is 6.07 Å². The Morgan fingerprint density at radius 1 is 1.05 bits per heavy atom. The van der Waals surface area contributed by atoms with Crippen molar-refractivity contribution >= 4 is 26.7 Å². The molecule has 3 aromatic rings. The van der Waals surface area contributed by atoms with Crippen molar-refractivity contribution in [1.29, 1.82) is 0 Å². The highest BCUT2D eigenvalue weighted by Crippen LogP contribution is 2.35. The van der Waals surface area contributed by atoms with Crippen LogP contribution in [0.4, 0.5) is 5.13 Å². The number of thiazole rings is 1. The highest BCUT2D eigenvalue weighted by molar-refractivity contribution is 7.22. The van der Waals surface area contributed by atoms with E-state index in [4.69, 9.17) is 0 Å². The molecule has 2 nitrogen and oxygen atoms in total. The fourth-order valence-corrected chi connectivity index (χ4v) is 3.71. The predicted octanol–water partition coefficient (Wildman–Crippen LogP) is 4.40. The number of benzene rings is 2. The van der Waals surface area contributed by atoms with Crippen LogP contribution in [0, 0.1) is 0 Å². The van der Waals surface area contributed by atoms with Crippen LogP contribution in [0.2, 0.25) is 0 Å². The molecular weight excluding hydrogens is 252 g/mol. The highest BCUT2D eigenvalue weighted by atomic mass is 32.1. The Bertz CT molecular complexity index is 699. The van der Waals surface area contributed by atoms with E-state index in [0.717, 1.165) is 17.1 Å². The summed E-state index contributed by atoms with van der Waals surface area (Å²) in [6, 6.07) is 17.4. The third kappa shape index (κ3) is 1.90. The molecule has 19 heavy (non-hydrogen) atoms. The van der Waals surface area contributed by atoms with Gasteiger partial charge >= 0.3 is 0 Å². The molecule has 0 saturated heterocycles. The number of fused-ring (bicyclic) bond motifs is 2. The van der Waals surface area contributed by atoms with Crippen LogP contribution in [0.3, 0.4) is 0 Å². The molecule has 1 aliphatic rings. The van der Waals surface area contributed by atoms with Gasteiger partial charge in [-0.05, 0) is 36.1 Å². The summed E-state index contributed by atoms with van der Waals surface area (Å²) in [6.07, 6.45) is 2.33. The number of rotatable bonds is 2.